The Morgan fingerprint density at radius 3 is 2.16 bits per heavy atom. The van der Waals surface area contributed by atoms with Crippen molar-refractivity contribution in [1.82, 2.24) is 0 Å². The van der Waals surface area contributed by atoms with E-state index in [0.29, 0.717) is 10.6 Å². The molecule has 1 unspecified atom stereocenters. The number of aryl methyl sites for hydroxylation is 2. The third-order valence-corrected chi connectivity index (χ3v) is 3.37. The third-order valence-electron chi connectivity index (χ3n) is 3.12. The van der Waals surface area contributed by atoms with Crippen LogP contribution in [0.25, 0.3) is 0 Å². The molecule has 0 aliphatic carbocycles. The smallest absolute Gasteiger partial charge is 0.230 e. The molecule has 0 bridgehead atoms. The maximum Gasteiger partial charge on any atom is 0.230 e. The molecule has 0 saturated carbocycles. The zero-order chi connectivity index (χ0) is 14.0. The summed E-state index contributed by atoms with van der Waals surface area (Å²) in [5.41, 5.74) is 2.98. The lowest BCUT2D eigenvalue weighted by atomic mass is 10.0. The lowest BCUT2D eigenvalue weighted by Crippen LogP contribution is -2.42. The number of hydrogen-bond donors (Lipinski definition) is 0. The van der Waals surface area contributed by atoms with Crippen molar-refractivity contribution in [2.75, 3.05) is 0 Å². The molecule has 3 heteroatoms. The fourth-order valence-corrected chi connectivity index (χ4v) is 2.28. The Balaban J connectivity index is 2.30. The van der Waals surface area contributed by atoms with Crippen molar-refractivity contribution in [3.63, 3.8) is 0 Å². The third kappa shape index (κ3) is 3.21. The SMILES string of the molecule is Cc1cc(C)c[n+](C(C)C(=O)c2ccc(Cl)cc2)c1. The van der Waals surface area contributed by atoms with Gasteiger partial charge in [-0.25, -0.2) is 0 Å². The van der Waals surface area contributed by atoms with Crippen LogP contribution in [0.2, 0.25) is 5.02 Å². The molecule has 0 radical (unpaired) electrons. The topological polar surface area (TPSA) is 20.9 Å². The summed E-state index contributed by atoms with van der Waals surface area (Å²) < 4.78 is 1.96. The van der Waals surface area contributed by atoms with Gasteiger partial charge in [0.15, 0.2) is 12.4 Å². The number of hydrogen-bond acceptors (Lipinski definition) is 1. The summed E-state index contributed by atoms with van der Waals surface area (Å²) in [6, 6.07) is 8.89. The second kappa shape index (κ2) is 5.54. The van der Waals surface area contributed by atoms with E-state index < -0.39 is 0 Å². The van der Waals surface area contributed by atoms with Gasteiger partial charge in [-0.3, -0.25) is 4.79 Å². The van der Waals surface area contributed by atoms with Crippen LogP contribution < -0.4 is 4.57 Å². The molecule has 2 nitrogen and oxygen atoms in total. The summed E-state index contributed by atoms with van der Waals surface area (Å²) in [6.45, 7) is 5.97. The summed E-state index contributed by atoms with van der Waals surface area (Å²) in [6.07, 6.45) is 3.98. The number of halogens is 1. The molecule has 1 heterocycles. The quantitative estimate of drug-likeness (QED) is 0.618. The summed E-state index contributed by atoms with van der Waals surface area (Å²) >= 11 is 5.84. The first-order valence-corrected chi connectivity index (χ1v) is 6.64. The van der Waals surface area contributed by atoms with E-state index in [9.17, 15) is 4.79 Å². The van der Waals surface area contributed by atoms with E-state index in [4.69, 9.17) is 11.6 Å². The van der Waals surface area contributed by atoms with Gasteiger partial charge >= 0.3 is 0 Å². The van der Waals surface area contributed by atoms with E-state index in [-0.39, 0.29) is 11.8 Å². The van der Waals surface area contributed by atoms with Crippen LogP contribution in [0.4, 0.5) is 0 Å². The highest BCUT2D eigenvalue weighted by Crippen LogP contribution is 2.14. The van der Waals surface area contributed by atoms with Crippen molar-refractivity contribution in [3.05, 3.63) is 64.4 Å². The molecule has 1 aromatic carbocycles. The van der Waals surface area contributed by atoms with E-state index in [1.165, 1.54) is 0 Å². The second-order valence-corrected chi connectivity index (χ2v) is 5.32. The monoisotopic (exact) mass is 274 g/mol. The van der Waals surface area contributed by atoms with Crippen LogP contribution >= 0.6 is 11.6 Å². The van der Waals surface area contributed by atoms with Crippen molar-refractivity contribution in [1.29, 1.82) is 0 Å². The predicted molar refractivity (Wildman–Crippen MR) is 76.6 cm³/mol. The fraction of sp³-hybridized carbons (Fsp3) is 0.250. The highest BCUT2D eigenvalue weighted by Gasteiger charge is 2.23. The van der Waals surface area contributed by atoms with Gasteiger partial charge in [-0.05, 0) is 44.2 Å². The van der Waals surface area contributed by atoms with Gasteiger partial charge < -0.3 is 0 Å². The molecular formula is C16H17ClNO+. The minimum Gasteiger partial charge on any atom is -0.287 e. The van der Waals surface area contributed by atoms with E-state index in [2.05, 4.69) is 6.07 Å². The second-order valence-electron chi connectivity index (χ2n) is 4.88. The first-order valence-electron chi connectivity index (χ1n) is 6.26. The number of benzene rings is 1. The van der Waals surface area contributed by atoms with Crippen LogP contribution in [-0.4, -0.2) is 5.78 Å². The molecule has 0 N–H and O–H groups in total. The lowest BCUT2D eigenvalue weighted by molar-refractivity contribution is -0.705. The number of pyridine rings is 1. The number of carbonyl (C=O) groups is 1. The Kier molecular flexibility index (Phi) is 4.01. The average molecular weight is 275 g/mol. The Labute approximate surface area is 118 Å². The van der Waals surface area contributed by atoms with Crippen molar-refractivity contribution >= 4 is 17.4 Å². The zero-order valence-electron chi connectivity index (χ0n) is 11.4. The zero-order valence-corrected chi connectivity index (χ0v) is 12.1. The van der Waals surface area contributed by atoms with Crippen LogP contribution in [0.5, 0.6) is 0 Å². The Bertz CT molecular complexity index is 584. The van der Waals surface area contributed by atoms with Crippen LogP contribution in [0, 0.1) is 13.8 Å². The lowest BCUT2D eigenvalue weighted by Gasteiger charge is -2.08. The van der Waals surface area contributed by atoms with Gasteiger partial charge in [-0.15, -0.1) is 0 Å². The molecule has 0 saturated heterocycles. The number of aromatic nitrogens is 1. The minimum atomic E-state index is -0.222. The first kappa shape index (κ1) is 13.8. The van der Waals surface area contributed by atoms with Crippen molar-refractivity contribution in [3.8, 4) is 0 Å². The highest BCUT2D eigenvalue weighted by molar-refractivity contribution is 6.30. The summed E-state index contributed by atoms with van der Waals surface area (Å²) in [5, 5.41) is 0.642. The fourth-order valence-electron chi connectivity index (χ4n) is 2.16. The van der Waals surface area contributed by atoms with Crippen molar-refractivity contribution in [2.45, 2.75) is 26.8 Å². The first-order chi connectivity index (χ1) is 8.97. The largest absolute Gasteiger partial charge is 0.287 e. The van der Waals surface area contributed by atoms with Gasteiger partial charge in [0, 0.05) is 28.6 Å². The number of ketones is 1. The predicted octanol–water partition coefficient (Wildman–Crippen LogP) is 3.69. The normalized spacial score (nSPS) is 12.2. The number of nitrogens with zero attached hydrogens (tertiary/aromatic N) is 1. The van der Waals surface area contributed by atoms with Crippen LogP contribution in [-0.2, 0) is 0 Å². The molecule has 2 rings (SSSR count). The van der Waals surface area contributed by atoms with Crippen LogP contribution in [0.1, 0.15) is 34.5 Å². The Hall–Kier alpha value is -1.67. The van der Waals surface area contributed by atoms with Crippen molar-refractivity contribution in [2.24, 2.45) is 0 Å². The van der Waals surface area contributed by atoms with Gasteiger partial charge in [0.25, 0.3) is 0 Å². The maximum atomic E-state index is 12.4. The van der Waals surface area contributed by atoms with Gasteiger partial charge in [0.1, 0.15) is 0 Å². The number of carbonyl (C=O) groups excluding carboxylic acids is 1. The van der Waals surface area contributed by atoms with Gasteiger partial charge in [0.2, 0.25) is 11.8 Å². The van der Waals surface area contributed by atoms with Crippen LogP contribution in [0.3, 0.4) is 0 Å². The molecule has 1 atom stereocenters. The summed E-state index contributed by atoms with van der Waals surface area (Å²) in [5.74, 6) is 0.0895. The van der Waals surface area contributed by atoms with Crippen molar-refractivity contribution < 1.29 is 9.36 Å². The Morgan fingerprint density at radius 1 is 1.11 bits per heavy atom. The van der Waals surface area contributed by atoms with E-state index in [1.54, 1.807) is 24.3 Å². The molecule has 0 aliphatic heterocycles. The molecule has 0 fully saturated rings. The summed E-state index contributed by atoms with van der Waals surface area (Å²) in [7, 11) is 0. The highest BCUT2D eigenvalue weighted by atomic mass is 35.5. The maximum absolute atomic E-state index is 12.4. The molecule has 1 aromatic heterocycles. The minimum absolute atomic E-state index is 0.0895. The van der Waals surface area contributed by atoms with Gasteiger partial charge in [-0.1, -0.05) is 11.6 Å². The molecule has 19 heavy (non-hydrogen) atoms. The average Bonchev–Trinajstić information content (AvgIpc) is 2.37. The van der Waals surface area contributed by atoms with Gasteiger partial charge in [-0.2, -0.15) is 4.57 Å². The van der Waals surface area contributed by atoms with Crippen LogP contribution in [0.15, 0.2) is 42.7 Å². The summed E-state index contributed by atoms with van der Waals surface area (Å²) in [4.78, 5) is 12.4. The Morgan fingerprint density at radius 2 is 1.63 bits per heavy atom. The molecule has 0 amide bonds. The standard InChI is InChI=1S/C16H17ClNO/c1-11-8-12(2)10-18(9-11)13(3)16(19)14-4-6-15(17)7-5-14/h4-10,13H,1-3H3/q+1. The van der Waals surface area contributed by atoms with Gasteiger partial charge in [0.05, 0.1) is 0 Å². The molecule has 0 aliphatic rings. The van der Waals surface area contributed by atoms with E-state index >= 15 is 0 Å². The molecule has 0 spiro atoms. The molecule has 98 valence electrons. The number of rotatable bonds is 3. The molecular weight excluding hydrogens is 258 g/mol. The number of Topliss-reactive ketones (excluding diaryl/α,β-unsaturated/α-hetero) is 1. The van der Waals surface area contributed by atoms with E-state index in [1.807, 2.05) is 37.7 Å². The molecule has 2 aromatic rings. The van der Waals surface area contributed by atoms with E-state index in [0.717, 1.165) is 11.1 Å².